The van der Waals surface area contributed by atoms with E-state index in [1.807, 2.05) is 0 Å². The van der Waals surface area contributed by atoms with E-state index in [-0.39, 0.29) is 16.8 Å². The summed E-state index contributed by atoms with van der Waals surface area (Å²) < 4.78 is 33.5. The van der Waals surface area contributed by atoms with E-state index >= 15 is 0 Å². The van der Waals surface area contributed by atoms with Crippen molar-refractivity contribution in [1.29, 1.82) is 0 Å². The quantitative estimate of drug-likeness (QED) is 0.236. The maximum atomic E-state index is 12.9. The molecule has 0 aliphatic rings. The summed E-state index contributed by atoms with van der Waals surface area (Å²) in [5.41, 5.74) is 2.97. The number of esters is 1. The van der Waals surface area contributed by atoms with Crippen molar-refractivity contribution >= 4 is 50.1 Å². The Morgan fingerprint density at radius 3 is 2.37 bits per heavy atom. The fourth-order valence-corrected chi connectivity index (χ4v) is 4.42. The van der Waals surface area contributed by atoms with E-state index < -0.39 is 16.0 Å². The third-order valence-electron chi connectivity index (χ3n) is 5.01. The highest BCUT2D eigenvalue weighted by molar-refractivity contribution is 7.92. The number of anilines is 3. The molecule has 0 atom stereocenters. The number of H-pyrrole nitrogens is 1. The SMILES string of the molecule is CC(=O)c1cccc(Nc2nc3ccc(S(=O)(=O)Nc4ccc(C(=O)OC(C)C)cc4)cc3[nH]2)c1. The van der Waals surface area contributed by atoms with Gasteiger partial charge >= 0.3 is 5.97 Å². The Morgan fingerprint density at radius 2 is 1.69 bits per heavy atom. The van der Waals surface area contributed by atoms with Gasteiger partial charge in [-0.2, -0.15) is 0 Å². The van der Waals surface area contributed by atoms with Gasteiger partial charge in [0.25, 0.3) is 10.0 Å². The minimum atomic E-state index is -3.89. The second kappa shape index (κ2) is 9.59. The van der Waals surface area contributed by atoms with Gasteiger partial charge in [0.05, 0.1) is 27.6 Å². The number of hydrogen-bond donors (Lipinski definition) is 3. The molecular formula is C25H24N4O5S. The smallest absolute Gasteiger partial charge is 0.338 e. The van der Waals surface area contributed by atoms with Crippen LogP contribution in [-0.4, -0.2) is 36.2 Å². The van der Waals surface area contributed by atoms with Gasteiger partial charge in [0, 0.05) is 16.9 Å². The second-order valence-corrected chi connectivity index (χ2v) is 9.85. The van der Waals surface area contributed by atoms with Gasteiger partial charge in [0.15, 0.2) is 5.78 Å². The van der Waals surface area contributed by atoms with Crippen molar-refractivity contribution < 1.29 is 22.7 Å². The molecule has 4 aromatic rings. The van der Waals surface area contributed by atoms with Crippen LogP contribution in [0.5, 0.6) is 0 Å². The molecule has 4 rings (SSSR count). The lowest BCUT2D eigenvalue weighted by atomic mass is 10.1. The van der Waals surface area contributed by atoms with Crippen LogP contribution in [0.4, 0.5) is 17.3 Å². The molecule has 0 fully saturated rings. The topological polar surface area (TPSA) is 130 Å². The number of aromatic amines is 1. The normalized spacial score (nSPS) is 11.4. The van der Waals surface area contributed by atoms with Crippen LogP contribution in [0.25, 0.3) is 11.0 Å². The predicted molar refractivity (Wildman–Crippen MR) is 134 cm³/mol. The zero-order valence-electron chi connectivity index (χ0n) is 19.3. The number of carbonyl (C=O) groups excluding carboxylic acids is 2. The number of aromatic nitrogens is 2. The standard InChI is InChI=1S/C25H24N4O5S/c1-15(2)34-24(31)17-7-9-19(10-8-17)29-35(32,33)21-11-12-22-23(14-21)28-25(27-22)26-20-6-4-5-18(13-20)16(3)30/h4-15,29H,1-3H3,(H2,26,27,28). The summed E-state index contributed by atoms with van der Waals surface area (Å²) in [4.78, 5) is 31.1. The third-order valence-corrected chi connectivity index (χ3v) is 6.39. The largest absolute Gasteiger partial charge is 0.459 e. The highest BCUT2D eigenvalue weighted by atomic mass is 32.2. The number of imidazole rings is 1. The molecule has 0 unspecified atom stereocenters. The number of sulfonamides is 1. The molecule has 0 spiro atoms. The molecule has 1 aromatic heterocycles. The van der Waals surface area contributed by atoms with Gasteiger partial charge in [-0.1, -0.05) is 12.1 Å². The Hall–Kier alpha value is -4.18. The molecule has 180 valence electrons. The van der Waals surface area contributed by atoms with Crippen LogP contribution in [-0.2, 0) is 14.8 Å². The van der Waals surface area contributed by atoms with Crippen molar-refractivity contribution in [3.63, 3.8) is 0 Å². The van der Waals surface area contributed by atoms with Crippen LogP contribution in [0, 0.1) is 0 Å². The third kappa shape index (κ3) is 5.67. The van der Waals surface area contributed by atoms with Crippen LogP contribution < -0.4 is 10.0 Å². The maximum Gasteiger partial charge on any atom is 0.338 e. The summed E-state index contributed by atoms with van der Waals surface area (Å²) >= 11 is 0. The van der Waals surface area contributed by atoms with E-state index in [2.05, 4.69) is 20.0 Å². The minimum Gasteiger partial charge on any atom is -0.459 e. The summed E-state index contributed by atoms with van der Waals surface area (Å²) in [5, 5.41) is 3.09. The number of ether oxygens (including phenoxy) is 1. The Morgan fingerprint density at radius 1 is 0.943 bits per heavy atom. The first kappa shape index (κ1) is 24.0. The molecule has 0 aliphatic carbocycles. The van der Waals surface area contributed by atoms with Crippen LogP contribution in [0.15, 0.2) is 71.6 Å². The van der Waals surface area contributed by atoms with E-state index in [4.69, 9.17) is 4.74 Å². The van der Waals surface area contributed by atoms with Crippen molar-refractivity contribution in [2.45, 2.75) is 31.8 Å². The molecule has 1 heterocycles. The highest BCUT2D eigenvalue weighted by Crippen LogP contribution is 2.24. The van der Waals surface area contributed by atoms with Gasteiger partial charge in [0.1, 0.15) is 0 Å². The van der Waals surface area contributed by atoms with Gasteiger partial charge in [0.2, 0.25) is 5.95 Å². The number of nitrogens with one attached hydrogen (secondary N) is 3. The maximum absolute atomic E-state index is 12.9. The first-order valence-electron chi connectivity index (χ1n) is 10.8. The van der Waals surface area contributed by atoms with E-state index in [1.54, 1.807) is 44.2 Å². The number of fused-ring (bicyclic) bond motifs is 1. The molecule has 9 nitrogen and oxygen atoms in total. The highest BCUT2D eigenvalue weighted by Gasteiger charge is 2.17. The molecule has 35 heavy (non-hydrogen) atoms. The molecule has 0 bridgehead atoms. The van der Waals surface area contributed by atoms with E-state index in [1.165, 1.54) is 43.3 Å². The van der Waals surface area contributed by atoms with Gasteiger partial charge in [-0.25, -0.2) is 18.2 Å². The zero-order chi connectivity index (χ0) is 25.2. The first-order chi connectivity index (χ1) is 16.6. The number of nitrogens with zero attached hydrogens (tertiary/aromatic N) is 1. The fourth-order valence-electron chi connectivity index (χ4n) is 3.34. The summed E-state index contributed by atoms with van der Waals surface area (Å²) in [6.45, 7) is 5.00. The number of carbonyl (C=O) groups is 2. The Balaban J connectivity index is 1.52. The van der Waals surface area contributed by atoms with Crippen molar-refractivity contribution in [2.75, 3.05) is 10.0 Å². The Kier molecular flexibility index (Phi) is 6.57. The lowest BCUT2D eigenvalue weighted by Gasteiger charge is -2.10. The predicted octanol–water partition coefficient (Wildman–Crippen LogP) is 4.88. The van der Waals surface area contributed by atoms with Gasteiger partial charge in [-0.15, -0.1) is 0 Å². The van der Waals surface area contributed by atoms with Crippen molar-refractivity contribution in [2.24, 2.45) is 0 Å². The average molecular weight is 493 g/mol. The van der Waals surface area contributed by atoms with Crippen LogP contribution in [0.1, 0.15) is 41.5 Å². The molecule has 0 saturated carbocycles. The summed E-state index contributed by atoms with van der Waals surface area (Å²) in [6, 6.07) is 17.5. The van der Waals surface area contributed by atoms with Crippen molar-refractivity contribution in [1.82, 2.24) is 9.97 Å². The number of ketones is 1. The summed E-state index contributed by atoms with van der Waals surface area (Å²) in [7, 11) is -3.89. The molecular weight excluding hydrogens is 468 g/mol. The van der Waals surface area contributed by atoms with Crippen LogP contribution in [0.3, 0.4) is 0 Å². The van der Waals surface area contributed by atoms with Crippen LogP contribution in [0.2, 0.25) is 0 Å². The van der Waals surface area contributed by atoms with Gasteiger partial charge < -0.3 is 15.0 Å². The number of rotatable bonds is 8. The molecule has 3 N–H and O–H groups in total. The summed E-state index contributed by atoms with van der Waals surface area (Å²) in [5.74, 6) is -0.116. The zero-order valence-corrected chi connectivity index (χ0v) is 20.1. The molecule has 0 saturated heterocycles. The lowest BCUT2D eigenvalue weighted by molar-refractivity contribution is 0.0378. The molecule has 0 radical (unpaired) electrons. The van der Waals surface area contributed by atoms with Crippen molar-refractivity contribution in [3.8, 4) is 0 Å². The van der Waals surface area contributed by atoms with E-state index in [0.717, 1.165) is 0 Å². The average Bonchev–Trinajstić information content (AvgIpc) is 3.20. The number of benzene rings is 3. The van der Waals surface area contributed by atoms with E-state index in [9.17, 15) is 18.0 Å². The van der Waals surface area contributed by atoms with Gasteiger partial charge in [-0.05, 0) is 75.4 Å². The van der Waals surface area contributed by atoms with Crippen molar-refractivity contribution in [3.05, 3.63) is 77.9 Å². The number of Topliss-reactive ketones (excluding diaryl/α,β-unsaturated/α-hetero) is 1. The number of hydrogen-bond acceptors (Lipinski definition) is 7. The first-order valence-corrected chi connectivity index (χ1v) is 12.3. The van der Waals surface area contributed by atoms with Crippen LogP contribution >= 0.6 is 0 Å². The Labute approximate surface area is 202 Å². The second-order valence-electron chi connectivity index (χ2n) is 8.16. The lowest BCUT2D eigenvalue weighted by Crippen LogP contribution is -2.14. The Bertz CT molecular complexity index is 1510. The minimum absolute atomic E-state index is 0.0436. The molecule has 3 aromatic carbocycles. The van der Waals surface area contributed by atoms with E-state index in [0.29, 0.717) is 39.5 Å². The molecule has 0 amide bonds. The molecule has 0 aliphatic heterocycles. The van der Waals surface area contributed by atoms with Gasteiger partial charge in [-0.3, -0.25) is 9.52 Å². The fraction of sp³-hybridized carbons (Fsp3) is 0.160. The monoisotopic (exact) mass is 492 g/mol. The molecule has 10 heteroatoms. The summed E-state index contributed by atoms with van der Waals surface area (Å²) in [6.07, 6.45) is -0.250.